The Hall–Kier alpha value is -5.66. The average Bonchev–Trinajstić information content (AvgIpc) is 3.40. The number of para-hydroxylation sites is 1. The van der Waals surface area contributed by atoms with Gasteiger partial charge in [-0.05, 0) is 101 Å². The topological polar surface area (TPSA) is 3.24 Å². The second-order valence-corrected chi connectivity index (χ2v) is 11.7. The maximum Gasteiger partial charge on any atom is 0.0540 e. The van der Waals surface area contributed by atoms with Crippen molar-refractivity contribution < 1.29 is 0 Å². The third-order valence-corrected chi connectivity index (χ3v) is 9.51. The Morgan fingerprint density at radius 2 is 0.884 bits per heavy atom. The van der Waals surface area contributed by atoms with Crippen molar-refractivity contribution in [1.82, 2.24) is 0 Å². The van der Waals surface area contributed by atoms with Gasteiger partial charge in [0.25, 0.3) is 0 Å². The van der Waals surface area contributed by atoms with Crippen molar-refractivity contribution in [3.63, 3.8) is 0 Å². The normalized spacial score (nSPS) is 12.2. The quantitative estimate of drug-likeness (QED) is 0.158. The van der Waals surface area contributed by atoms with E-state index in [1.54, 1.807) is 0 Å². The number of nitrogens with zero attached hydrogens (tertiary/aromatic N) is 1. The molecule has 0 aromatic heterocycles. The van der Waals surface area contributed by atoms with Crippen LogP contribution in [0.25, 0.3) is 76.1 Å². The van der Waals surface area contributed by atoms with Gasteiger partial charge in [0, 0.05) is 16.8 Å². The van der Waals surface area contributed by atoms with Crippen molar-refractivity contribution in [3.05, 3.63) is 152 Å². The highest BCUT2D eigenvalue weighted by Crippen LogP contribution is 2.53. The number of rotatable bonds is 3. The first-order valence-corrected chi connectivity index (χ1v) is 15.0. The van der Waals surface area contributed by atoms with Crippen LogP contribution in [0.5, 0.6) is 0 Å². The summed E-state index contributed by atoms with van der Waals surface area (Å²) in [4.78, 5) is 2.41. The second-order valence-electron chi connectivity index (χ2n) is 11.7. The first-order valence-electron chi connectivity index (χ1n) is 15.0. The molecule has 0 spiro atoms. The summed E-state index contributed by atoms with van der Waals surface area (Å²) < 4.78 is 0. The highest BCUT2D eigenvalue weighted by molar-refractivity contribution is 6.37. The van der Waals surface area contributed by atoms with E-state index in [0.717, 1.165) is 11.4 Å². The Morgan fingerprint density at radius 3 is 1.67 bits per heavy atom. The van der Waals surface area contributed by atoms with Crippen LogP contribution in [0.4, 0.5) is 17.1 Å². The molecule has 10 rings (SSSR count). The minimum atomic E-state index is 1.15. The fourth-order valence-electron chi connectivity index (χ4n) is 7.72. The summed E-state index contributed by atoms with van der Waals surface area (Å²) in [6.45, 7) is 0. The molecule has 0 amide bonds. The highest BCUT2D eigenvalue weighted by Gasteiger charge is 2.26. The van der Waals surface area contributed by atoms with Crippen molar-refractivity contribution in [2.45, 2.75) is 0 Å². The minimum Gasteiger partial charge on any atom is -0.310 e. The van der Waals surface area contributed by atoms with E-state index in [-0.39, 0.29) is 0 Å². The van der Waals surface area contributed by atoms with Gasteiger partial charge in [0.1, 0.15) is 0 Å². The first-order chi connectivity index (χ1) is 21.3. The van der Waals surface area contributed by atoms with E-state index in [4.69, 9.17) is 0 Å². The molecule has 1 heteroatoms. The van der Waals surface area contributed by atoms with E-state index in [1.807, 2.05) is 0 Å². The van der Waals surface area contributed by atoms with Gasteiger partial charge in [0.05, 0.1) is 5.69 Å². The van der Waals surface area contributed by atoms with Gasteiger partial charge < -0.3 is 4.90 Å². The summed E-state index contributed by atoms with van der Waals surface area (Å²) in [6.07, 6.45) is 0. The third-order valence-electron chi connectivity index (χ3n) is 9.51. The van der Waals surface area contributed by atoms with Gasteiger partial charge >= 0.3 is 0 Å². The summed E-state index contributed by atoms with van der Waals surface area (Å²) in [5.41, 5.74) is 8.76. The summed E-state index contributed by atoms with van der Waals surface area (Å²) in [5.74, 6) is 0. The summed E-state index contributed by atoms with van der Waals surface area (Å²) in [5, 5.41) is 13.3. The van der Waals surface area contributed by atoms with E-state index in [9.17, 15) is 0 Å². The van der Waals surface area contributed by atoms with Crippen molar-refractivity contribution in [2.24, 2.45) is 0 Å². The van der Waals surface area contributed by atoms with Crippen LogP contribution in [-0.2, 0) is 0 Å². The van der Waals surface area contributed by atoms with Crippen LogP contribution < -0.4 is 4.90 Å². The Balaban J connectivity index is 1.25. The lowest BCUT2D eigenvalue weighted by molar-refractivity contribution is 1.30. The van der Waals surface area contributed by atoms with Crippen LogP contribution >= 0.6 is 0 Å². The molecule has 0 radical (unpaired) electrons. The molecule has 0 aliphatic heterocycles. The van der Waals surface area contributed by atoms with Crippen molar-refractivity contribution >= 4 is 70.9 Å². The molecule has 0 saturated heterocycles. The summed E-state index contributed by atoms with van der Waals surface area (Å²) in [7, 11) is 0. The Labute approximate surface area is 249 Å². The zero-order valence-electron chi connectivity index (χ0n) is 23.4. The van der Waals surface area contributed by atoms with Gasteiger partial charge in [0.2, 0.25) is 0 Å². The molecule has 198 valence electrons. The van der Waals surface area contributed by atoms with Gasteiger partial charge in [-0.3, -0.25) is 0 Å². The third kappa shape index (κ3) is 3.06. The Morgan fingerprint density at radius 1 is 0.302 bits per heavy atom. The van der Waals surface area contributed by atoms with Gasteiger partial charge in [-0.2, -0.15) is 0 Å². The lowest BCUT2D eigenvalue weighted by Gasteiger charge is -2.27. The van der Waals surface area contributed by atoms with E-state index >= 15 is 0 Å². The fourth-order valence-corrected chi connectivity index (χ4v) is 7.72. The molecule has 0 bridgehead atoms. The molecule has 43 heavy (non-hydrogen) atoms. The predicted molar refractivity (Wildman–Crippen MR) is 184 cm³/mol. The van der Waals surface area contributed by atoms with E-state index in [0.29, 0.717) is 0 Å². The molecule has 1 aliphatic rings. The number of anilines is 3. The lowest BCUT2D eigenvalue weighted by Crippen LogP contribution is -2.10. The molecule has 1 aliphatic carbocycles. The van der Waals surface area contributed by atoms with E-state index in [2.05, 4.69) is 157 Å². The smallest absolute Gasteiger partial charge is 0.0540 e. The van der Waals surface area contributed by atoms with Crippen molar-refractivity contribution in [3.8, 4) is 22.3 Å². The average molecular weight is 544 g/mol. The van der Waals surface area contributed by atoms with Gasteiger partial charge in [-0.15, -0.1) is 0 Å². The molecule has 0 saturated carbocycles. The van der Waals surface area contributed by atoms with Gasteiger partial charge in [-0.25, -0.2) is 0 Å². The molecule has 0 N–H and O–H groups in total. The van der Waals surface area contributed by atoms with Crippen LogP contribution in [0.3, 0.4) is 0 Å². The molecule has 0 heterocycles. The number of benzene rings is 9. The maximum atomic E-state index is 2.41. The molecular weight excluding hydrogens is 518 g/mol. The molecule has 0 unspecified atom stereocenters. The largest absolute Gasteiger partial charge is 0.310 e. The lowest BCUT2D eigenvalue weighted by atomic mass is 9.88. The number of hydrogen-bond acceptors (Lipinski definition) is 1. The van der Waals surface area contributed by atoms with E-state index < -0.39 is 0 Å². The van der Waals surface area contributed by atoms with Crippen LogP contribution in [0.15, 0.2) is 152 Å². The SMILES string of the molecule is c1ccc(N(c2ccc3c(c2)-c2ccc4c5cccc6cccc(c7ccc-3c2c74)c65)c2cccc3ccccc23)cc1. The molecule has 9 aromatic rings. The second kappa shape index (κ2) is 8.44. The number of fused-ring (bicyclic) bond motifs is 6. The van der Waals surface area contributed by atoms with Gasteiger partial charge in [0.15, 0.2) is 0 Å². The van der Waals surface area contributed by atoms with Crippen molar-refractivity contribution in [1.29, 1.82) is 0 Å². The zero-order chi connectivity index (χ0) is 28.1. The van der Waals surface area contributed by atoms with Crippen LogP contribution in [-0.4, -0.2) is 0 Å². The predicted octanol–water partition coefficient (Wildman–Crippen LogP) is 12.0. The summed E-state index contributed by atoms with van der Waals surface area (Å²) >= 11 is 0. The number of hydrogen-bond donors (Lipinski definition) is 0. The van der Waals surface area contributed by atoms with Crippen LogP contribution in [0.2, 0.25) is 0 Å². The van der Waals surface area contributed by atoms with Gasteiger partial charge in [-0.1, -0.05) is 121 Å². The molecule has 0 atom stereocenters. The van der Waals surface area contributed by atoms with Crippen molar-refractivity contribution in [2.75, 3.05) is 4.90 Å². The maximum absolute atomic E-state index is 2.41. The molecule has 0 fully saturated rings. The fraction of sp³-hybridized carbons (Fsp3) is 0. The highest BCUT2D eigenvalue weighted by atomic mass is 15.1. The standard InChI is InChI=1S/C42H25N/c1-2-13-28(14-3-1)43(39-18-8-10-26-9-4-5-15-30(26)39)29-19-20-31-34-21-22-35-32-16-6-11-27-12-7-17-33(40(27)32)36-23-24-37(38(31)25-29)41(34)42(35)36/h1-25H. The van der Waals surface area contributed by atoms with Crippen LogP contribution in [0, 0.1) is 0 Å². The summed E-state index contributed by atoms with van der Waals surface area (Å²) in [6, 6.07) is 55.9. The van der Waals surface area contributed by atoms with Crippen LogP contribution in [0.1, 0.15) is 0 Å². The Bertz CT molecular complexity index is 2500. The zero-order valence-corrected chi connectivity index (χ0v) is 23.4. The Kier molecular flexibility index (Phi) is 4.51. The molecule has 9 aromatic carbocycles. The monoisotopic (exact) mass is 543 g/mol. The molecule has 1 nitrogen and oxygen atoms in total. The minimum absolute atomic E-state index is 1.15. The molecular formula is C42H25N. The van der Waals surface area contributed by atoms with E-state index in [1.165, 1.54) is 81.8 Å². The first kappa shape index (κ1) is 23.0.